The first-order chi connectivity index (χ1) is 10.7. The van der Waals surface area contributed by atoms with Gasteiger partial charge in [0.05, 0.1) is 25.4 Å². The summed E-state index contributed by atoms with van der Waals surface area (Å²) in [4.78, 5) is 16.8. The van der Waals surface area contributed by atoms with Crippen LogP contribution in [0.25, 0.3) is 0 Å². The van der Waals surface area contributed by atoms with E-state index < -0.39 is 0 Å². The number of piperidine rings is 1. The number of ether oxygens (including phenoxy) is 2. The zero-order valence-electron chi connectivity index (χ0n) is 13.2. The molecule has 0 aromatic carbocycles. The zero-order chi connectivity index (χ0) is 15.5. The van der Waals surface area contributed by atoms with Crippen molar-refractivity contribution in [2.75, 3.05) is 46.5 Å². The molecule has 122 valence electrons. The van der Waals surface area contributed by atoms with Crippen molar-refractivity contribution in [1.82, 2.24) is 20.0 Å². The molecule has 2 aliphatic heterocycles. The Morgan fingerprint density at radius 2 is 2.41 bits per heavy atom. The van der Waals surface area contributed by atoms with Crippen LogP contribution in [0.15, 0.2) is 6.07 Å². The Bertz CT molecular complexity index is 519. The molecule has 1 aromatic rings. The predicted molar refractivity (Wildman–Crippen MR) is 80.8 cm³/mol. The van der Waals surface area contributed by atoms with E-state index in [2.05, 4.69) is 15.1 Å². The Hall–Kier alpha value is -1.44. The van der Waals surface area contributed by atoms with Crippen LogP contribution < -0.4 is 0 Å². The number of nitrogens with zero attached hydrogens (tertiary/aromatic N) is 3. The average molecular weight is 308 g/mol. The molecule has 1 N–H and O–H groups in total. The largest absolute Gasteiger partial charge is 0.383 e. The number of amides is 1. The van der Waals surface area contributed by atoms with Gasteiger partial charge in [0.2, 0.25) is 0 Å². The number of hydrogen-bond donors (Lipinski definition) is 1. The summed E-state index contributed by atoms with van der Waals surface area (Å²) in [5, 5.41) is 6.91. The molecule has 0 saturated carbocycles. The van der Waals surface area contributed by atoms with Gasteiger partial charge >= 0.3 is 0 Å². The van der Waals surface area contributed by atoms with Crippen molar-refractivity contribution in [2.45, 2.75) is 25.5 Å². The molecule has 2 atom stereocenters. The molecule has 3 rings (SSSR count). The number of aromatic nitrogens is 2. The maximum Gasteiger partial charge on any atom is 0.274 e. The summed E-state index contributed by atoms with van der Waals surface area (Å²) in [7, 11) is 1.72. The van der Waals surface area contributed by atoms with E-state index in [0.717, 1.165) is 38.4 Å². The number of aromatic amines is 1. The quantitative estimate of drug-likeness (QED) is 0.865. The second-order valence-corrected chi connectivity index (χ2v) is 5.98. The second-order valence-electron chi connectivity index (χ2n) is 5.98. The van der Waals surface area contributed by atoms with Gasteiger partial charge in [-0.3, -0.25) is 14.8 Å². The number of carbonyl (C=O) groups excluding carboxylic acids is 1. The van der Waals surface area contributed by atoms with Crippen molar-refractivity contribution in [3.05, 3.63) is 17.5 Å². The third-order valence-electron chi connectivity index (χ3n) is 4.49. The first-order valence-electron chi connectivity index (χ1n) is 7.85. The van der Waals surface area contributed by atoms with E-state index >= 15 is 0 Å². The molecule has 7 heteroatoms. The third-order valence-corrected chi connectivity index (χ3v) is 4.49. The highest BCUT2D eigenvalue weighted by Crippen LogP contribution is 2.24. The second kappa shape index (κ2) is 6.76. The van der Waals surface area contributed by atoms with Crippen LogP contribution in [-0.2, 0) is 9.47 Å². The molecule has 2 saturated heterocycles. The topological polar surface area (TPSA) is 70.7 Å². The summed E-state index contributed by atoms with van der Waals surface area (Å²) < 4.78 is 11.1. The van der Waals surface area contributed by atoms with Crippen LogP contribution in [0.2, 0.25) is 0 Å². The number of aryl methyl sites for hydroxylation is 1. The Morgan fingerprint density at radius 1 is 1.55 bits per heavy atom. The average Bonchev–Trinajstić information content (AvgIpc) is 2.98. The molecule has 1 aromatic heterocycles. The molecular weight excluding hydrogens is 284 g/mol. The van der Waals surface area contributed by atoms with E-state index in [1.807, 2.05) is 11.8 Å². The number of carbonyl (C=O) groups is 1. The molecule has 7 nitrogen and oxygen atoms in total. The maximum absolute atomic E-state index is 12.6. The molecule has 3 heterocycles. The van der Waals surface area contributed by atoms with Crippen LogP contribution >= 0.6 is 0 Å². The standard InChI is InChI=1S/C15H24N4O3/c1-11-9-12(17-16-11)15(20)19-4-3-14-13(10-19)18(5-7-21-2)6-8-22-14/h9,13-14H,3-8,10H2,1-2H3,(H,16,17)/t13-,14-/m0/s1. The molecule has 1 amide bonds. The molecule has 0 unspecified atom stereocenters. The minimum atomic E-state index is 0.0000602. The van der Waals surface area contributed by atoms with E-state index in [9.17, 15) is 4.79 Å². The fourth-order valence-electron chi connectivity index (χ4n) is 3.30. The van der Waals surface area contributed by atoms with Gasteiger partial charge in [-0.2, -0.15) is 5.10 Å². The lowest BCUT2D eigenvalue weighted by atomic mass is 9.98. The van der Waals surface area contributed by atoms with Gasteiger partial charge in [-0.05, 0) is 19.4 Å². The van der Waals surface area contributed by atoms with E-state index in [4.69, 9.17) is 9.47 Å². The lowest BCUT2D eigenvalue weighted by molar-refractivity contribution is -0.101. The first kappa shape index (κ1) is 15.5. The van der Waals surface area contributed by atoms with Crippen LogP contribution in [0, 0.1) is 6.92 Å². The van der Waals surface area contributed by atoms with Gasteiger partial charge in [-0.15, -0.1) is 0 Å². The van der Waals surface area contributed by atoms with Crippen molar-refractivity contribution in [3.63, 3.8) is 0 Å². The normalized spacial score (nSPS) is 26.0. The number of H-pyrrole nitrogens is 1. The lowest BCUT2D eigenvalue weighted by Crippen LogP contribution is -2.61. The highest BCUT2D eigenvalue weighted by atomic mass is 16.5. The van der Waals surface area contributed by atoms with Gasteiger partial charge in [0.15, 0.2) is 0 Å². The van der Waals surface area contributed by atoms with Crippen molar-refractivity contribution in [2.24, 2.45) is 0 Å². The number of hydrogen-bond acceptors (Lipinski definition) is 5. The van der Waals surface area contributed by atoms with E-state index in [1.165, 1.54) is 0 Å². The first-order valence-corrected chi connectivity index (χ1v) is 7.85. The summed E-state index contributed by atoms with van der Waals surface area (Å²) in [6.45, 7) is 6.56. The summed E-state index contributed by atoms with van der Waals surface area (Å²) in [6, 6.07) is 2.05. The summed E-state index contributed by atoms with van der Waals surface area (Å²) >= 11 is 0. The molecule has 22 heavy (non-hydrogen) atoms. The molecule has 2 aliphatic rings. The molecule has 2 fully saturated rings. The van der Waals surface area contributed by atoms with Gasteiger partial charge in [-0.25, -0.2) is 0 Å². The molecular formula is C15H24N4O3. The minimum absolute atomic E-state index is 0.0000602. The number of rotatable bonds is 4. The monoisotopic (exact) mass is 308 g/mol. The van der Waals surface area contributed by atoms with Crippen LogP contribution in [0.1, 0.15) is 22.6 Å². The number of morpholine rings is 1. The molecule has 0 spiro atoms. The number of nitrogens with one attached hydrogen (secondary N) is 1. The third kappa shape index (κ3) is 3.16. The van der Waals surface area contributed by atoms with Gasteiger partial charge in [0.25, 0.3) is 5.91 Å². The van der Waals surface area contributed by atoms with Crippen LogP contribution in [-0.4, -0.2) is 84.6 Å². The van der Waals surface area contributed by atoms with Gasteiger partial charge in [0, 0.05) is 39.0 Å². The summed E-state index contributed by atoms with van der Waals surface area (Å²) in [5.74, 6) is 0.0000602. The van der Waals surface area contributed by atoms with Crippen molar-refractivity contribution < 1.29 is 14.3 Å². The molecule has 0 bridgehead atoms. The summed E-state index contributed by atoms with van der Waals surface area (Å²) in [5.41, 5.74) is 1.40. The SMILES string of the molecule is COCCN1CCO[C@H]2CCN(C(=O)c3cc(C)[nH]n3)C[C@@H]21. The van der Waals surface area contributed by atoms with Crippen LogP contribution in [0.4, 0.5) is 0 Å². The lowest BCUT2D eigenvalue weighted by Gasteiger charge is -2.46. The minimum Gasteiger partial charge on any atom is -0.383 e. The van der Waals surface area contributed by atoms with Gasteiger partial charge < -0.3 is 14.4 Å². The highest BCUT2D eigenvalue weighted by Gasteiger charge is 2.38. The predicted octanol–water partition coefficient (Wildman–Crippen LogP) is 0.280. The van der Waals surface area contributed by atoms with Crippen molar-refractivity contribution in [1.29, 1.82) is 0 Å². The van der Waals surface area contributed by atoms with E-state index in [-0.39, 0.29) is 18.1 Å². The Balaban J connectivity index is 1.67. The fourth-order valence-corrected chi connectivity index (χ4v) is 3.30. The van der Waals surface area contributed by atoms with Crippen molar-refractivity contribution in [3.8, 4) is 0 Å². The number of likely N-dealkylation sites (tertiary alicyclic amines) is 1. The van der Waals surface area contributed by atoms with Gasteiger partial charge in [-0.1, -0.05) is 0 Å². The molecule has 0 aliphatic carbocycles. The summed E-state index contributed by atoms with van der Waals surface area (Å²) in [6.07, 6.45) is 1.10. The van der Waals surface area contributed by atoms with Crippen LogP contribution in [0.5, 0.6) is 0 Å². The highest BCUT2D eigenvalue weighted by molar-refractivity contribution is 5.92. The maximum atomic E-state index is 12.6. The number of methoxy groups -OCH3 is 1. The smallest absolute Gasteiger partial charge is 0.274 e. The van der Waals surface area contributed by atoms with E-state index in [0.29, 0.717) is 18.8 Å². The fraction of sp³-hybridized carbons (Fsp3) is 0.733. The molecule has 0 radical (unpaired) electrons. The van der Waals surface area contributed by atoms with Crippen molar-refractivity contribution >= 4 is 5.91 Å². The van der Waals surface area contributed by atoms with E-state index in [1.54, 1.807) is 13.2 Å². The zero-order valence-corrected chi connectivity index (χ0v) is 13.2. The van der Waals surface area contributed by atoms with Gasteiger partial charge in [0.1, 0.15) is 5.69 Å². The Morgan fingerprint density at radius 3 is 3.14 bits per heavy atom. The Kier molecular flexibility index (Phi) is 4.75. The van der Waals surface area contributed by atoms with Crippen LogP contribution in [0.3, 0.4) is 0 Å². The Labute approximate surface area is 130 Å². The number of fused-ring (bicyclic) bond motifs is 1.